The summed E-state index contributed by atoms with van der Waals surface area (Å²) in [4.78, 5) is 33.4. The lowest BCUT2D eigenvalue weighted by Gasteiger charge is -2.22. The summed E-state index contributed by atoms with van der Waals surface area (Å²) in [5.41, 5.74) is 3.52. The number of pyridine rings is 1. The van der Waals surface area contributed by atoms with Gasteiger partial charge in [-0.25, -0.2) is 0 Å². The van der Waals surface area contributed by atoms with Gasteiger partial charge in [0.2, 0.25) is 0 Å². The first-order valence-electron chi connectivity index (χ1n) is 10.6. The van der Waals surface area contributed by atoms with Crippen molar-refractivity contribution in [2.45, 2.75) is 12.5 Å². The molecule has 32 heavy (non-hydrogen) atoms. The van der Waals surface area contributed by atoms with E-state index in [9.17, 15) is 9.59 Å². The van der Waals surface area contributed by atoms with Crippen molar-refractivity contribution in [3.8, 4) is 0 Å². The lowest BCUT2D eigenvalue weighted by molar-refractivity contribution is 0.101. The topological polar surface area (TPSA) is 77.6 Å². The summed E-state index contributed by atoms with van der Waals surface area (Å²) in [7, 11) is 4.24. The van der Waals surface area contributed by atoms with Gasteiger partial charge in [0.1, 0.15) is 0 Å². The van der Waals surface area contributed by atoms with Gasteiger partial charge in [0.15, 0.2) is 0 Å². The van der Waals surface area contributed by atoms with E-state index in [0.717, 1.165) is 25.2 Å². The molecule has 0 radical (unpaired) electrons. The Morgan fingerprint density at radius 2 is 1.53 bits per heavy atom. The molecule has 2 aromatic carbocycles. The molecule has 1 aliphatic rings. The Morgan fingerprint density at radius 3 is 2.09 bits per heavy atom. The molecule has 0 saturated carbocycles. The van der Waals surface area contributed by atoms with Crippen molar-refractivity contribution in [1.29, 1.82) is 0 Å². The second kappa shape index (κ2) is 9.62. The van der Waals surface area contributed by atoms with Crippen LogP contribution in [0.2, 0.25) is 0 Å². The summed E-state index contributed by atoms with van der Waals surface area (Å²) in [6.07, 6.45) is 4.28. The molecule has 3 aromatic rings. The maximum atomic E-state index is 12.6. The van der Waals surface area contributed by atoms with Crippen LogP contribution in [0.15, 0.2) is 73.1 Å². The Balaban J connectivity index is 1.33. The van der Waals surface area contributed by atoms with Crippen molar-refractivity contribution in [1.82, 2.24) is 9.88 Å². The standard InChI is InChI=1S/C25H27N5O2/c1-29(2)23-13-15-30(17-23)22-11-9-21(10-12-22)27-24(31)18-5-7-20(8-6-18)28-25(32)19-4-3-14-26-16-19/h3-12,14,16,23H,13,15,17H2,1-2H3,(H,27,31)(H,28,32). The van der Waals surface area contributed by atoms with E-state index in [-0.39, 0.29) is 11.8 Å². The predicted molar refractivity (Wildman–Crippen MR) is 127 cm³/mol. The number of nitrogens with one attached hydrogen (secondary N) is 2. The summed E-state index contributed by atoms with van der Waals surface area (Å²) in [5.74, 6) is -0.443. The number of carbonyl (C=O) groups is 2. The van der Waals surface area contributed by atoms with Gasteiger partial charge in [-0.05, 0) is 81.2 Å². The highest BCUT2D eigenvalue weighted by Gasteiger charge is 2.24. The highest BCUT2D eigenvalue weighted by molar-refractivity contribution is 6.06. The minimum atomic E-state index is -0.245. The summed E-state index contributed by atoms with van der Waals surface area (Å²) < 4.78 is 0. The number of anilines is 3. The molecule has 0 aliphatic carbocycles. The van der Waals surface area contributed by atoms with Gasteiger partial charge in [-0.2, -0.15) is 0 Å². The number of carbonyl (C=O) groups excluding carboxylic acids is 2. The van der Waals surface area contributed by atoms with Crippen molar-refractivity contribution < 1.29 is 9.59 Å². The number of rotatable bonds is 6. The van der Waals surface area contributed by atoms with Crippen LogP contribution < -0.4 is 15.5 Å². The Hall–Kier alpha value is -3.71. The molecule has 1 unspecified atom stereocenters. The Bertz CT molecular complexity index is 1070. The lowest BCUT2D eigenvalue weighted by Crippen LogP contribution is -2.31. The summed E-state index contributed by atoms with van der Waals surface area (Å²) in [5, 5.41) is 5.73. The van der Waals surface area contributed by atoms with Crippen LogP contribution in [0.3, 0.4) is 0 Å². The van der Waals surface area contributed by atoms with Crippen LogP contribution in [0, 0.1) is 0 Å². The van der Waals surface area contributed by atoms with Crippen molar-refractivity contribution in [3.63, 3.8) is 0 Å². The molecule has 2 heterocycles. The van der Waals surface area contributed by atoms with E-state index in [1.54, 1.807) is 42.6 Å². The van der Waals surface area contributed by atoms with Crippen LogP contribution in [-0.2, 0) is 0 Å². The zero-order valence-electron chi connectivity index (χ0n) is 18.3. The van der Waals surface area contributed by atoms with Gasteiger partial charge >= 0.3 is 0 Å². The molecule has 4 rings (SSSR count). The van der Waals surface area contributed by atoms with E-state index in [2.05, 4.69) is 39.5 Å². The van der Waals surface area contributed by atoms with E-state index in [1.807, 2.05) is 24.3 Å². The molecule has 1 atom stereocenters. The van der Waals surface area contributed by atoms with Crippen LogP contribution >= 0.6 is 0 Å². The maximum Gasteiger partial charge on any atom is 0.257 e. The average molecular weight is 430 g/mol. The smallest absolute Gasteiger partial charge is 0.257 e. The first-order chi connectivity index (χ1) is 15.5. The molecule has 2 amide bonds. The average Bonchev–Trinajstić information content (AvgIpc) is 3.31. The molecular formula is C25H27N5O2. The number of benzene rings is 2. The van der Waals surface area contributed by atoms with Crippen molar-refractivity contribution in [2.24, 2.45) is 0 Å². The fraction of sp³-hybridized carbons (Fsp3) is 0.240. The molecule has 164 valence electrons. The summed E-state index contributed by atoms with van der Waals surface area (Å²) >= 11 is 0. The largest absolute Gasteiger partial charge is 0.370 e. The molecule has 0 spiro atoms. The second-order valence-electron chi connectivity index (χ2n) is 8.13. The first-order valence-corrected chi connectivity index (χ1v) is 10.6. The fourth-order valence-corrected chi connectivity index (χ4v) is 3.76. The number of likely N-dealkylation sites (N-methyl/N-ethyl adjacent to an activating group) is 1. The van der Waals surface area contributed by atoms with Crippen LogP contribution in [0.4, 0.5) is 17.1 Å². The second-order valence-corrected chi connectivity index (χ2v) is 8.13. The molecular weight excluding hydrogens is 402 g/mol. The van der Waals surface area contributed by atoms with Crippen LogP contribution in [-0.4, -0.2) is 54.9 Å². The van der Waals surface area contributed by atoms with Crippen molar-refractivity contribution in [3.05, 3.63) is 84.2 Å². The zero-order chi connectivity index (χ0) is 22.5. The third-order valence-corrected chi connectivity index (χ3v) is 5.71. The van der Waals surface area contributed by atoms with Crippen LogP contribution in [0.5, 0.6) is 0 Å². The number of nitrogens with zero attached hydrogens (tertiary/aromatic N) is 3. The Kier molecular flexibility index (Phi) is 6.47. The number of hydrogen-bond donors (Lipinski definition) is 2. The predicted octanol–water partition coefficient (Wildman–Crippen LogP) is 3.73. The van der Waals surface area contributed by atoms with Crippen LogP contribution in [0.25, 0.3) is 0 Å². The van der Waals surface area contributed by atoms with Gasteiger partial charge in [-0.3, -0.25) is 14.6 Å². The van der Waals surface area contributed by atoms with E-state index >= 15 is 0 Å². The maximum absolute atomic E-state index is 12.6. The molecule has 1 saturated heterocycles. The first kappa shape index (κ1) is 21.5. The fourth-order valence-electron chi connectivity index (χ4n) is 3.76. The van der Waals surface area contributed by atoms with Gasteiger partial charge in [-0.1, -0.05) is 0 Å². The Morgan fingerprint density at radius 1 is 0.906 bits per heavy atom. The van der Waals surface area contributed by atoms with Crippen molar-refractivity contribution >= 4 is 28.9 Å². The van der Waals surface area contributed by atoms with Gasteiger partial charge < -0.3 is 20.4 Å². The summed E-state index contributed by atoms with van der Waals surface area (Å²) in [6.45, 7) is 2.06. The van der Waals surface area contributed by atoms with Gasteiger partial charge in [-0.15, -0.1) is 0 Å². The number of hydrogen-bond acceptors (Lipinski definition) is 5. The van der Waals surface area contributed by atoms with Crippen molar-refractivity contribution in [2.75, 3.05) is 42.7 Å². The molecule has 7 heteroatoms. The molecule has 7 nitrogen and oxygen atoms in total. The number of aromatic nitrogens is 1. The minimum Gasteiger partial charge on any atom is -0.370 e. The van der Waals surface area contributed by atoms with E-state index in [4.69, 9.17) is 0 Å². The third kappa shape index (κ3) is 5.12. The zero-order valence-corrected chi connectivity index (χ0v) is 18.3. The third-order valence-electron chi connectivity index (χ3n) is 5.71. The lowest BCUT2D eigenvalue weighted by atomic mass is 10.1. The Labute approximate surface area is 188 Å². The molecule has 1 aliphatic heterocycles. The van der Waals surface area contributed by atoms with Gasteiger partial charge in [0, 0.05) is 54.2 Å². The molecule has 1 aromatic heterocycles. The minimum absolute atomic E-state index is 0.197. The quantitative estimate of drug-likeness (QED) is 0.624. The van der Waals surface area contributed by atoms with Gasteiger partial charge in [0.25, 0.3) is 11.8 Å². The molecule has 2 N–H and O–H groups in total. The highest BCUT2D eigenvalue weighted by atomic mass is 16.2. The highest BCUT2D eigenvalue weighted by Crippen LogP contribution is 2.24. The van der Waals surface area contributed by atoms with E-state index in [1.165, 1.54) is 11.9 Å². The normalized spacial score (nSPS) is 15.6. The number of amides is 2. The van der Waals surface area contributed by atoms with Crippen LogP contribution in [0.1, 0.15) is 27.1 Å². The van der Waals surface area contributed by atoms with E-state index in [0.29, 0.717) is 22.9 Å². The SMILES string of the molecule is CN(C)C1CCN(c2ccc(NC(=O)c3ccc(NC(=O)c4cccnc4)cc3)cc2)C1. The van der Waals surface area contributed by atoms with Gasteiger partial charge in [0.05, 0.1) is 5.56 Å². The summed E-state index contributed by atoms with van der Waals surface area (Å²) in [6, 6.07) is 18.7. The van der Waals surface area contributed by atoms with E-state index < -0.39 is 0 Å². The molecule has 0 bridgehead atoms. The monoisotopic (exact) mass is 429 g/mol. The molecule has 1 fully saturated rings.